The molecule has 3 heteroatoms. The Bertz CT molecular complexity index is 181. The number of rotatable bonds is 2. The van der Waals surface area contributed by atoms with Crippen molar-refractivity contribution in [1.29, 1.82) is 0 Å². The van der Waals surface area contributed by atoms with Gasteiger partial charge < -0.3 is 4.42 Å². The Hall–Kier alpha value is -1.12. The van der Waals surface area contributed by atoms with Crippen LogP contribution in [0.2, 0.25) is 0 Å². The first-order chi connectivity index (χ1) is 4.34. The zero-order valence-electron chi connectivity index (χ0n) is 5.00. The maximum absolute atomic E-state index is 9.99. The number of nitrogens with zero attached hydrogens (tertiary/aromatic N) is 1. The maximum Gasteiger partial charge on any atom is 0.209 e. The second kappa shape index (κ2) is 2.44. The molecule has 0 aliphatic rings. The van der Waals surface area contributed by atoms with Crippen LogP contribution in [0, 0.1) is 0 Å². The van der Waals surface area contributed by atoms with Crippen LogP contribution in [0.25, 0.3) is 0 Å². The van der Waals surface area contributed by atoms with Gasteiger partial charge >= 0.3 is 0 Å². The lowest BCUT2D eigenvalue weighted by atomic mass is 10.2. The summed E-state index contributed by atoms with van der Waals surface area (Å²) in [5, 5.41) is 0. The van der Waals surface area contributed by atoms with E-state index in [-0.39, 0.29) is 5.92 Å². The Morgan fingerprint density at radius 2 is 2.67 bits per heavy atom. The van der Waals surface area contributed by atoms with Crippen molar-refractivity contribution in [2.24, 2.45) is 0 Å². The first-order valence-electron chi connectivity index (χ1n) is 2.60. The lowest BCUT2D eigenvalue weighted by Gasteiger charge is -1.91. The average Bonchev–Trinajstić information content (AvgIpc) is 2.37. The highest BCUT2D eigenvalue weighted by Crippen LogP contribution is 2.09. The number of oxazole rings is 1. The molecule has 3 nitrogen and oxygen atoms in total. The molecule has 9 heavy (non-hydrogen) atoms. The lowest BCUT2D eigenvalue weighted by molar-refractivity contribution is 0.484. The molecule has 0 aliphatic heterocycles. The van der Waals surface area contributed by atoms with Gasteiger partial charge in [-0.15, -0.1) is 0 Å². The van der Waals surface area contributed by atoms with E-state index in [2.05, 4.69) is 4.98 Å². The fourth-order valence-corrected chi connectivity index (χ4v) is 0.498. The molecule has 0 spiro atoms. The Balaban J connectivity index is 2.76. The van der Waals surface area contributed by atoms with Crippen LogP contribution < -0.4 is 0 Å². The third-order valence-electron chi connectivity index (χ3n) is 1.05. The topological polar surface area (TPSA) is 43.1 Å². The molecule has 1 rings (SSSR count). The second-order valence-electron chi connectivity index (χ2n) is 1.74. The van der Waals surface area contributed by atoms with Crippen LogP contribution in [-0.4, -0.2) is 11.3 Å². The van der Waals surface area contributed by atoms with Gasteiger partial charge in [0.15, 0.2) is 6.39 Å². The molecule has 1 aromatic heterocycles. The van der Waals surface area contributed by atoms with Crippen molar-refractivity contribution >= 4 is 6.29 Å². The zero-order valence-corrected chi connectivity index (χ0v) is 5.00. The van der Waals surface area contributed by atoms with Gasteiger partial charge in [0.1, 0.15) is 5.76 Å². The van der Waals surface area contributed by atoms with E-state index in [4.69, 9.17) is 4.42 Å². The molecule has 0 fully saturated rings. The summed E-state index contributed by atoms with van der Waals surface area (Å²) >= 11 is 0. The van der Waals surface area contributed by atoms with Crippen molar-refractivity contribution in [1.82, 2.24) is 4.98 Å². The molecule has 0 aromatic carbocycles. The predicted octanol–water partition coefficient (Wildman–Crippen LogP) is 0.888. The van der Waals surface area contributed by atoms with Gasteiger partial charge in [0, 0.05) is 0 Å². The van der Waals surface area contributed by atoms with Gasteiger partial charge in [-0.2, -0.15) is 0 Å². The van der Waals surface area contributed by atoms with Crippen LogP contribution in [0.4, 0.5) is 0 Å². The summed E-state index contributed by atoms with van der Waals surface area (Å²) in [6.07, 6.45) is 4.59. The number of hydrogen-bond acceptors (Lipinski definition) is 3. The van der Waals surface area contributed by atoms with Gasteiger partial charge in [-0.25, -0.2) is 4.98 Å². The van der Waals surface area contributed by atoms with Gasteiger partial charge in [0.05, 0.1) is 12.1 Å². The minimum atomic E-state index is -0.299. The Morgan fingerprint density at radius 3 is 3.11 bits per heavy atom. The van der Waals surface area contributed by atoms with E-state index < -0.39 is 0 Å². The quantitative estimate of drug-likeness (QED) is 0.588. The van der Waals surface area contributed by atoms with Crippen LogP contribution in [0.5, 0.6) is 0 Å². The lowest BCUT2D eigenvalue weighted by Crippen LogP contribution is -1.89. The van der Waals surface area contributed by atoms with Gasteiger partial charge in [-0.3, -0.25) is 4.79 Å². The minimum Gasteiger partial charge on any atom is -0.448 e. The van der Waals surface area contributed by atoms with E-state index in [0.29, 0.717) is 5.76 Å². The van der Waals surface area contributed by atoms with Gasteiger partial charge in [-0.1, -0.05) is 0 Å². The summed E-state index contributed by atoms with van der Waals surface area (Å²) in [7, 11) is 0. The van der Waals surface area contributed by atoms with Crippen molar-refractivity contribution in [3.8, 4) is 0 Å². The van der Waals surface area contributed by atoms with Crippen molar-refractivity contribution in [3.05, 3.63) is 18.4 Å². The summed E-state index contributed by atoms with van der Waals surface area (Å²) in [6.45, 7) is 1.70. The van der Waals surface area contributed by atoms with Crippen molar-refractivity contribution < 1.29 is 9.21 Å². The molecule has 0 saturated carbocycles. The van der Waals surface area contributed by atoms with Gasteiger partial charge in [-0.05, 0) is 6.92 Å². The Kier molecular flexibility index (Phi) is 1.63. The highest BCUT2D eigenvalue weighted by molar-refractivity contribution is 5.60. The molecule has 0 N–H and O–H groups in total. The van der Waals surface area contributed by atoms with Crippen LogP contribution >= 0.6 is 0 Å². The molecule has 1 unspecified atom stereocenters. The van der Waals surface area contributed by atoms with E-state index in [9.17, 15) is 4.79 Å². The van der Waals surface area contributed by atoms with Gasteiger partial charge in [0.25, 0.3) is 0 Å². The highest BCUT2D eigenvalue weighted by Gasteiger charge is 2.06. The van der Waals surface area contributed by atoms with Crippen LogP contribution in [-0.2, 0) is 4.79 Å². The molecule has 1 atom stereocenters. The molecule has 1 radical (unpaired) electrons. The standard InChI is InChI=1S/C6H6NO2/c1-5(3-8)6-2-7-4-9-6/h2,4-5H,1H3. The van der Waals surface area contributed by atoms with Gasteiger partial charge in [0.2, 0.25) is 6.29 Å². The predicted molar refractivity (Wildman–Crippen MR) is 30.6 cm³/mol. The molecule has 1 aromatic rings. The molecule has 1 heterocycles. The normalized spacial score (nSPS) is 13.0. The number of aromatic nitrogens is 1. The molecule has 47 valence electrons. The number of carbonyl (C=O) groups excluding carboxylic acids is 1. The zero-order chi connectivity index (χ0) is 6.69. The average molecular weight is 124 g/mol. The van der Waals surface area contributed by atoms with E-state index >= 15 is 0 Å². The van der Waals surface area contributed by atoms with Crippen molar-refractivity contribution in [2.75, 3.05) is 0 Å². The van der Waals surface area contributed by atoms with Crippen LogP contribution in [0.1, 0.15) is 18.6 Å². The first kappa shape index (κ1) is 6.01. The second-order valence-corrected chi connectivity index (χ2v) is 1.74. The summed E-state index contributed by atoms with van der Waals surface area (Å²) in [6, 6.07) is 0. The highest BCUT2D eigenvalue weighted by atomic mass is 16.3. The van der Waals surface area contributed by atoms with Crippen molar-refractivity contribution in [3.63, 3.8) is 0 Å². The molecule has 0 saturated heterocycles. The summed E-state index contributed by atoms with van der Waals surface area (Å²) in [5.41, 5.74) is 0. The van der Waals surface area contributed by atoms with E-state index in [0.717, 1.165) is 0 Å². The summed E-state index contributed by atoms with van der Waals surface area (Å²) < 4.78 is 4.81. The molecule has 0 bridgehead atoms. The minimum absolute atomic E-state index is 0.299. The monoisotopic (exact) mass is 124 g/mol. The smallest absolute Gasteiger partial charge is 0.209 e. The molecule has 0 aliphatic carbocycles. The summed E-state index contributed by atoms with van der Waals surface area (Å²) in [5.74, 6) is 0.262. The molecule has 0 amide bonds. The Labute approximate surface area is 52.7 Å². The summed E-state index contributed by atoms with van der Waals surface area (Å²) in [4.78, 5) is 13.6. The number of hydrogen-bond donors (Lipinski definition) is 0. The first-order valence-corrected chi connectivity index (χ1v) is 2.60. The maximum atomic E-state index is 9.99. The third kappa shape index (κ3) is 1.16. The molecular weight excluding hydrogens is 118 g/mol. The third-order valence-corrected chi connectivity index (χ3v) is 1.05. The van der Waals surface area contributed by atoms with E-state index in [1.807, 2.05) is 0 Å². The Morgan fingerprint density at radius 1 is 1.89 bits per heavy atom. The van der Waals surface area contributed by atoms with E-state index in [1.165, 1.54) is 12.6 Å². The SMILES string of the molecule is CC([C]=O)c1cnco1. The molecular formula is C6H6NO2. The van der Waals surface area contributed by atoms with Crippen LogP contribution in [0.15, 0.2) is 17.0 Å². The van der Waals surface area contributed by atoms with E-state index in [1.54, 1.807) is 13.2 Å². The van der Waals surface area contributed by atoms with Crippen LogP contribution in [0.3, 0.4) is 0 Å². The fourth-order valence-electron chi connectivity index (χ4n) is 0.498. The fraction of sp³-hybridized carbons (Fsp3) is 0.333. The largest absolute Gasteiger partial charge is 0.448 e. The van der Waals surface area contributed by atoms with Crippen molar-refractivity contribution in [2.45, 2.75) is 12.8 Å².